The molecule has 0 spiro atoms. The van der Waals surface area contributed by atoms with Gasteiger partial charge >= 0.3 is 0 Å². The fourth-order valence-electron chi connectivity index (χ4n) is 2.17. The van der Waals surface area contributed by atoms with E-state index in [2.05, 4.69) is 13.8 Å². The molecule has 19 heavy (non-hydrogen) atoms. The predicted octanol–water partition coefficient (Wildman–Crippen LogP) is 6.44. The Balaban J connectivity index is 3.04. The zero-order chi connectivity index (χ0) is 14.2. The first-order valence-electron chi connectivity index (χ1n) is 8.46. The maximum absolute atomic E-state index is 5.55. The van der Waals surface area contributed by atoms with Crippen molar-refractivity contribution >= 4 is 17.3 Å². The largest absolute Gasteiger partial charge is 0.487 e. The quantitative estimate of drug-likeness (QED) is 0.268. The van der Waals surface area contributed by atoms with Gasteiger partial charge in [0, 0.05) is 6.42 Å². The second kappa shape index (κ2) is 15.9. The second-order valence-corrected chi connectivity index (χ2v) is 5.96. The van der Waals surface area contributed by atoms with Gasteiger partial charge in [0.05, 0.1) is 6.61 Å². The van der Waals surface area contributed by atoms with Crippen molar-refractivity contribution in [2.45, 2.75) is 97.3 Å². The van der Waals surface area contributed by atoms with Gasteiger partial charge in [-0.2, -0.15) is 0 Å². The van der Waals surface area contributed by atoms with Gasteiger partial charge in [-0.25, -0.2) is 0 Å². The fraction of sp³-hybridized carbons (Fsp3) is 0.941. The topological polar surface area (TPSA) is 9.23 Å². The molecule has 0 aromatic carbocycles. The predicted molar refractivity (Wildman–Crippen MR) is 89.9 cm³/mol. The molecular weight excluding hydrogens is 252 g/mol. The summed E-state index contributed by atoms with van der Waals surface area (Å²) in [5, 5.41) is 0.817. The van der Waals surface area contributed by atoms with Crippen LogP contribution in [-0.2, 0) is 4.74 Å². The van der Waals surface area contributed by atoms with Crippen molar-refractivity contribution in [1.82, 2.24) is 0 Å². The fourth-order valence-corrected chi connectivity index (χ4v) is 2.40. The summed E-state index contributed by atoms with van der Waals surface area (Å²) in [6, 6.07) is 0. The highest BCUT2D eigenvalue weighted by atomic mass is 32.1. The van der Waals surface area contributed by atoms with Crippen molar-refractivity contribution in [1.29, 1.82) is 0 Å². The van der Waals surface area contributed by atoms with Gasteiger partial charge in [0.15, 0.2) is 5.05 Å². The summed E-state index contributed by atoms with van der Waals surface area (Å²) in [5.41, 5.74) is 0. The zero-order valence-corrected chi connectivity index (χ0v) is 14.0. The molecule has 0 atom stereocenters. The van der Waals surface area contributed by atoms with Crippen LogP contribution in [0.15, 0.2) is 0 Å². The van der Waals surface area contributed by atoms with Crippen molar-refractivity contribution in [2.75, 3.05) is 6.61 Å². The summed E-state index contributed by atoms with van der Waals surface area (Å²) in [4.78, 5) is 0. The van der Waals surface area contributed by atoms with Crippen molar-refractivity contribution in [2.24, 2.45) is 0 Å². The van der Waals surface area contributed by atoms with Gasteiger partial charge in [0.1, 0.15) is 0 Å². The third-order valence-corrected chi connectivity index (χ3v) is 3.82. The summed E-state index contributed by atoms with van der Waals surface area (Å²) < 4.78 is 5.55. The molecule has 2 heteroatoms. The highest BCUT2D eigenvalue weighted by molar-refractivity contribution is 7.80. The summed E-state index contributed by atoms with van der Waals surface area (Å²) in [6.07, 6.45) is 17.0. The van der Waals surface area contributed by atoms with Crippen molar-refractivity contribution < 1.29 is 4.74 Å². The lowest BCUT2D eigenvalue weighted by atomic mass is 10.1. The van der Waals surface area contributed by atoms with Gasteiger partial charge in [0.25, 0.3) is 0 Å². The Hall–Kier alpha value is -0.110. The van der Waals surface area contributed by atoms with Crippen LogP contribution in [-0.4, -0.2) is 11.7 Å². The van der Waals surface area contributed by atoms with Crippen LogP contribution in [0.2, 0.25) is 0 Å². The van der Waals surface area contributed by atoms with E-state index in [1.54, 1.807) is 0 Å². The minimum atomic E-state index is 0.817. The minimum absolute atomic E-state index is 0.817. The van der Waals surface area contributed by atoms with Crippen LogP contribution in [0.4, 0.5) is 0 Å². The molecule has 0 saturated carbocycles. The summed E-state index contributed by atoms with van der Waals surface area (Å²) in [7, 11) is 0. The monoisotopic (exact) mass is 286 g/mol. The first-order chi connectivity index (χ1) is 9.31. The van der Waals surface area contributed by atoms with Crippen molar-refractivity contribution in [3.63, 3.8) is 0 Å². The third-order valence-electron chi connectivity index (χ3n) is 3.50. The smallest absolute Gasteiger partial charge is 0.159 e. The molecular formula is C17H34OS. The number of thiocarbonyl (C=S) groups is 1. The lowest BCUT2D eigenvalue weighted by molar-refractivity contribution is 0.291. The number of hydrogen-bond acceptors (Lipinski definition) is 2. The maximum Gasteiger partial charge on any atom is 0.159 e. The molecule has 0 aliphatic rings. The second-order valence-electron chi connectivity index (χ2n) is 5.51. The molecule has 0 heterocycles. The molecule has 0 amide bonds. The van der Waals surface area contributed by atoms with Crippen LogP contribution >= 0.6 is 12.2 Å². The van der Waals surface area contributed by atoms with Crippen LogP contribution in [0, 0.1) is 0 Å². The molecule has 114 valence electrons. The number of hydrogen-bond donors (Lipinski definition) is 0. The molecule has 0 unspecified atom stereocenters. The molecule has 0 aromatic heterocycles. The number of ether oxygens (including phenoxy) is 1. The van der Waals surface area contributed by atoms with Gasteiger partial charge in [-0.3, -0.25) is 0 Å². The van der Waals surface area contributed by atoms with Crippen LogP contribution < -0.4 is 0 Å². The average Bonchev–Trinajstić information content (AvgIpc) is 2.42. The van der Waals surface area contributed by atoms with Crippen LogP contribution in [0.3, 0.4) is 0 Å². The zero-order valence-electron chi connectivity index (χ0n) is 13.2. The molecule has 0 rings (SSSR count). The van der Waals surface area contributed by atoms with Gasteiger partial charge < -0.3 is 4.74 Å². The van der Waals surface area contributed by atoms with E-state index in [0.717, 1.165) is 24.5 Å². The van der Waals surface area contributed by atoms with Crippen molar-refractivity contribution in [3.05, 3.63) is 0 Å². The van der Waals surface area contributed by atoms with Gasteiger partial charge in [0.2, 0.25) is 0 Å². The third kappa shape index (κ3) is 15.8. The Morgan fingerprint density at radius 1 is 0.684 bits per heavy atom. The first-order valence-corrected chi connectivity index (χ1v) is 8.87. The summed E-state index contributed by atoms with van der Waals surface area (Å²) >= 11 is 5.17. The highest BCUT2D eigenvalue weighted by Gasteiger charge is 1.97. The molecule has 1 nitrogen and oxygen atoms in total. The SMILES string of the molecule is CCCCCCCCCCCCOC(=S)CCCC. The number of rotatable bonds is 14. The van der Waals surface area contributed by atoms with E-state index in [9.17, 15) is 0 Å². The van der Waals surface area contributed by atoms with Crippen molar-refractivity contribution in [3.8, 4) is 0 Å². The maximum atomic E-state index is 5.55. The molecule has 0 fully saturated rings. The molecule has 0 bridgehead atoms. The standard InChI is InChI=1S/C17H34OS/c1-3-5-7-8-9-10-11-12-13-14-16-18-17(19)15-6-4-2/h3-16H2,1-2H3. The molecule has 0 aliphatic heterocycles. The highest BCUT2D eigenvalue weighted by Crippen LogP contribution is 2.10. The van der Waals surface area contributed by atoms with Crippen LogP contribution in [0.1, 0.15) is 97.3 Å². The Bertz CT molecular complexity index is 192. The van der Waals surface area contributed by atoms with Crippen LogP contribution in [0.25, 0.3) is 0 Å². The molecule has 0 saturated heterocycles. The van der Waals surface area contributed by atoms with E-state index in [-0.39, 0.29) is 0 Å². The van der Waals surface area contributed by atoms with Gasteiger partial charge in [-0.1, -0.05) is 78.1 Å². The Kier molecular flexibility index (Phi) is 15.9. The van der Waals surface area contributed by atoms with E-state index in [4.69, 9.17) is 17.0 Å². The summed E-state index contributed by atoms with van der Waals surface area (Å²) in [5.74, 6) is 0. The van der Waals surface area contributed by atoms with E-state index in [1.807, 2.05) is 0 Å². The minimum Gasteiger partial charge on any atom is -0.487 e. The normalized spacial score (nSPS) is 10.6. The van der Waals surface area contributed by atoms with Crippen LogP contribution in [0.5, 0.6) is 0 Å². The Morgan fingerprint density at radius 2 is 1.16 bits per heavy atom. The first kappa shape index (κ1) is 18.9. The molecule has 0 radical (unpaired) electrons. The van der Waals surface area contributed by atoms with Gasteiger partial charge in [-0.05, 0) is 25.1 Å². The van der Waals surface area contributed by atoms with E-state index < -0.39 is 0 Å². The van der Waals surface area contributed by atoms with E-state index >= 15 is 0 Å². The lowest BCUT2D eigenvalue weighted by Crippen LogP contribution is -2.03. The lowest BCUT2D eigenvalue weighted by Gasteiger charge is -2.06. The Morgan fingerprint density at radius 3 is 1.68 bits per heavy atom. The van der Waals surface area contributed by atoms with E-state index in [1.165, 1.54) is 70.6 Å². The average molecular weight is 287 g/mol. The molecule has 0 aromatic rings. The van der Waals surface area contributed by atoms with E-state index in [0.29, 0.717) is 0 Å². The summed E-state index contributed by atoms with van der Waals surface area (Å²) in [6.45, 7) is 5.29. The molecule has 0 aliphatic carbocycles. The Labute approximate surface area is 126 Å². The van der Waals surface area contributed by atoms with Gasteiger partial charge in [-0.15, -0.1) is 0 Å². The molecule has 0 N–H and O–H groups in total. The number of unbranched alkanes of at least 4 members (excludes halogenated alkanes) is 10.